The van der Waals surface area contributed by atoms with E-state index in [1.54, 1.807) is 16.7 Å². The summed E-state index contributed by atoms with van der Waals surface area (Å²) in [5.41, 5.74) is 0. The summed E-state index contributed by atoms with van der Waals surface area (Å²) >= 11 is 1.77. The van der Waals surface area contributed by atoms with E-state index in [9.17, 15) is 9.59 Å². The Balaban J connectivity index is 2.58. The van der Waals surface area contributed by atoms with Crippen LogP contribution in [0.15, 0.2) is 0 Å². The van der Waals surface area contributed by atoms with Crippen molar-refractivity contribution < 1.29 is 9.59 Å². The Kier molecular flexibility index (Phi) is 5.82. The molecule has 0 bridgehead atoms. The predicted molar refractivity (Wildman–Crippen MR) is 71.0 cm³/mol. The summed E-state index contributed by atoms with van der Waals surface area (Å²) in [7, 11) is 0. The maximum atomic E-state index is 12.2. The molecule has 4 nitrogen and oxygen atoms in total. The number of hydrogen-bond acceptors (Lipinski definition) is 3. The number of nitrogens with one attached hydrogen (secondary N) is 1. The summed E-state index contributed by atoms with van der Waals surface area (Å²) in [6.07, 6.45) is 3.90. The lowest BCUT2D eigenvalue weighted by molar-refractivity contribution is -0.145. The van der Waals surface area contributed by atoms with Crippen LogP contribution >= 0.6 is 11.8 Å². The highest BCUT2D eigenvalue weighted by molar-refractivity contribution is 7.98. The fraction of sp³-hybridized carbons (Fsp3) is 0.833. The number of piperazine rings is 1. The summed E-state index contributed by atoms with van der Waals surface area (Å²) in [6, 6.07) is -0.324. The van der Waals surface area contributed by atoms with Crippen molar-refractivity contribution in [1.29, 1.82) is 0 Å². The third-order valence-corrected chi connectivity index (χ3v) is 3.92. The van der Waals surface area contributed by atoms with Crippen LogP contribution in [0, 0.1) is 5.92 Å². The highest BCUT2D eigenvalue weighted by atomic mass is 32.2. The molecule has 0 aromatic heterocycles. The van der Waals surface area contributed by atoms with Gasteiger partial charge < -0.3 is 10.2 Å². The van der Waals surface area contributed by atoms with Gasteiger partial charge in [-0.1, -0.05) is 20.3 Å². The average molecular weight is 258 g/mol. The molecule has 1 aliphatic rings. The molecule has 98 valence electrons. The zero-order valence-electron chi connectivity index (χ0n) is 10.9. The van der Waals surface area contributed by atoms with Crippen molar-refractivity contribution in [3.63, 3.8) is 0 Å². The van der Waals surface area contributed by atoms with E-state index in [1.807, 2.05) is 20.1 Å². The molecule has 1 rings (SSSR count). The molecule has 0 saturated carbocycles. The van der Waals surface area contributed by atoms with E-state index in [4.69, 9.17) is 0 Å². The van der Waals surface area contributed by atoms with Gasteiger partial charge >= 0.3 is 0 Å². The number of carbonyl (C=O) groups is 2. The summed E-state index contributed by atoms with van der Waals surface area (Å²) in [6.45, 7) is 4.96. The molecule has 0 radical (unpaired) electrons. The van der Waals surface area contributed by atoms with E-state index in [0.717, 1.165) is 18.6 Å². The van der Waals surface area contributed by atoms with Crippen molar-refractivity contribution in [3.05, 3.63) is 0 Å². The van der Waals surface area contributed by atoms with E-state index in [0.29, 0.717) is 6.54 Å². The van der Waals surface area contributed by atoms with Crippen molar-refractivity contribution >= 4 is 23.6 Å². The Labute approximate surface area is 108 Å². The molecule has 5 heteroatoms. The first-order chi connectivity index (χ1) is 8.10. The fourth-order valence-corrected chi connectivity index (χ4v) is 2.36. The van der Waals surface area contributed by atoms with Crippen LogP contribution in [0.2, 0.25) is 0 Å². The molecule has 1 saturated heterocycles. The molecule has 1 fully saturated rings. The van der Waals surface area contributed by atoms with Gasteiger partial charge in [-0.05, 0) is 24.3 Å². The molecule has 1 heterocycles. The Hall–Kier alpha value is -0.710. The topological polar surface area (TPSA) is 49.4 Å². The minimum Gasteiger partial charge on any atom is -0.342 e. The highest BCUT2D eigenvalue weighted by Crippen LogP contribution is 2.14. The minimum absolute atomic E-state index is 0.0287. The molecule has 0 aromatic carbocycles. The van der Waals surface area contributed by atoms with Crippen molar-refractivity contribution in [2.45, 2.75) is 32.7 Å². The average Bonchev–Trinajstić information content (AvgIpc) is 2.32. The van der Waals surface area contributed by atoms with Crippen LogP contribution < -0.4 is 5.32 Å². The molecule has 1 N–H and O–H groups in total. The standard InChI is InChI=1S/C12H22N2O2S/c1-4-9(2)11-12(16)14(6-5-7-17-3)8-10(15)13-11/h9,11H,4-8H2,1-3H3,(H,13,15). The van der Waals surface area contributed by atoms with Crippen LogP contribution in [-0.2, 0) is 9.59 Å². The second kappa shape index (κ2) is 6.89. The second-order valence-corrected chi connectivity index (χ2v) is 5.52. The third-order valence-electron chi connectivity index (χ3n) is 3.22. The third kappa shape index (κ3) is 3.91. The van der Waals surface area contributed by atoms with Gasteiger partial charge in [0.2, 0.25) is 11.8 Å². The van der Waals surface area contributed by atoms with E-state index < -0.39 is 0 Å². The summed E-state index contributed by atoms with van der Waals surface area (Å²) in [4.78, 5) is 25.4. The Morgan fingerprint density at radius 3 is 2.82 bits per heavy atom. The molecular weight excluding hydrogens is 236 g/mol. The first kappa shape index (κ1) is 14.4. The number of nitrogens with zero attached hydrogens (tertiary/aromatic N) is 1. The zero-order valence-corrected chi connectivity index (χ0v) is 11.7. The Morgan fingerprint density at radius 2 is 2.24 bits per heavy atom. The number of rotatable bonds is 6. The maximum Gasteiger partial charge on any atom is 0.245 e. The molecular formula is C12H22N2O2S. The largest absolute Gasteiger partial charge is 0.342 e. The molecule has 2 atom stereocenters. The van der Waals surface area contributed by atoms with Gasteiger partial charge in [0.1, 0.15) is 6.04 Å². The molecule has 1 aliphatic heterocycles. The quantitative estimate of drug-likeness (QED) is 0.726. The van der Waals surface area contributed by atoms with Crippen molar-refractivity contribution in [1.82, 2.24) is 10.2 Å². The van der Waals surface area contributed by atoms with Crippen LogP contribution in [-0.4, -0.2) is 47.9 Å². The number of amides is 2. The van der Waals surface area contributed by atoms with Crippen LogP contribution in [0.4, 0.5) is 0 Å². The van der Waals surface area contributed by atoms with E-state index in [1.165, 1.54) is 0 Å². The van der Waals surface area contributed by atoms with Gasteiger partial charge in [-0.15, -0.1) is 0 Å². The molecule has 17 heavy (non-hydrogen) atoms. The van der Waals surface area contributed by atoms with Crippen LogP contribution in [0.25, 0.3) is 0 Å². The van der Waals surface area contributed by atoms with Crippen LogP contribution in [0.1, 0.15) is 26.7 Å². The Bertz CT molecular complexity index is 284. The second-order valence-electron chi connectivity index (χ2n) is 4.54. The zero-order chi connectivity index (χ0) is 12.8. The van der Waals surface area contributed by atoms with Crippen LogP contribution in [0.5, 0.6) is 0 Å². The van der Waals surface area contributed by atoms with E-state index in [2.05, 4.69) is 5.32 Å². The number of hydrogen-bond donors (Lipinski definition) is 1. The lowest BCUT2D eigenvalue weighted by atomic mass is 9.96. The fourth-order valence-electron chi connectivity index (χ4n) is 1.94. The van der Waals surface area contributed by atoms with Gasteiger partial charge in [0.05, 0.1) is 6.54 Å². The first-order valence-corrected chi connectivity index (χ1v) is 7.56. The van der Waals surface area contributed by atoms with Gasteiger partial charge in [0, 0.05) is 6.54 Å². The first-order valence-electron chi connectivity index (χ1n) is 6.17. The van der Waals surface area contributed by atoms with Crippen molar-refractivity contribution in [2.24, 2.45) is 5.92 Å². The summed E-state index contributed by atoms with van der Waals surface area (Å²) < 4.78 is 0. The predicted octanol–water partition coefficient (Wildman–Crippen LogP) is 1.11. The summed E-state index contributed by atoms with van der Waals surface area (Å²) in [5.74, 6) is 1.29. The molecule has 0 aromatic rings. The number of carbonyl (C=O) groups excluding carboxylic acids is 2. The van der Waals surface area contributed by atoms with E-state index >= 15 is 0 Å². The summed E-state index contributed by atoms with van der Waals surface area (Å²) in [5, 5.41) is 2.80. The lowest BCUT2D eigenvalue weighted by Crippen LogP contribution is -2.60. The molecule has 2 unspecified atom stereocenters. The SMILES string of the molecule is CCC(C)C1NC(=O)CN(CCCSC)C1=O. The van der Waals surface area contributed by atoms with Crippen LogP contribution in [0.3, 0.4) is 0 Å². The maximum absolute atomic E-state index is 12.2. The molecule has 0 spiro atoms. The molecule has 0 aliphatic carbocycles. The highest BCUT2D eigenvalue weighted by Gasteiger charge is 2.34. The number of thioether (sulfide) groups is 1. The monoisotopic (exact) mass is 258 g/mol. The molecule has 2 amide bonds. The van der Waals surface area contributed by atoms with Gasteiger partial charge in [-0.25, -0.2) is 0 Å². The van der Waals surface area contributed by atoms with Crippen molar-refractivity contribution in [2.75, 3.05) is 25.1 Å². The van der Waals surface area contributed by atoms with Gasteiger partial charge in [0.15, 0.2) is 0 Å². The van der Waals surface area contributed by atoms with Gasteiger partial charge in [-0.3, -0.25) is 9.59 Å². The van der Waals surface area contributed by atoms with Gasteiger partial charge in [-0.2, -0.15) is 11.8 Å². The van der Waals surface area contributed by atoms with E-state index in [-0.39, 0.29) is 30.3 Å². The lowest BCUT2D eigenvalue weighted by Gasteiger charge is -2.35. The minimum atomic E-state index is -0.324. The Morgan fingerprint density at radius 1 is 1.53 bits per heavy atom. The van der Waals surface area contributed by atoms with Crippen molar-refractivity contribution in [3.8, 4) is 0 Å². The normalized spacial score (nSPS) is 22.5. The smallest absolute Gasteiger partial charge is 0.245 e. The van der Waals surface area contributed by atoms with Gasteiger partial charge in [0.25, 0.3) is 0 Å².